The van der Waals surface area contributed by atoms with Crippen LogP contribution in [0.25, 0.3) is 10.9 Å². The van der Waals surface area contributed by atoms with Crippen molar-refractivity contribution in [2.75, 3.05) is 6.61 Å². The van der Waals surface area contributed by atoms with E-state index in [4.69, 9.17) is 4.74 Å². The first-order valence-corrected chi connectivity index (χ1v) is 8.76. The molecule has 0 radical (unpaired) electrons. The first-order chi connectivity index (χ1) is 12.9. The smallest absolute Gasteiger partial charge is 0.276 e. The Morgan fingerprint density at radius 2 is 1.85 bits per heavy atom. The van der Waals surface area contributed by atoms with Crippen molar-refractivity contribution in [3.63, 3.8) is 0 Å². The van der Waals surface area contributed by atoms with Crippen LogP contribution in [0.3, 0.4) is 0 Å². The molecule has 0 aliphatic rings. The summed E-state index contributed by atoms with van der Waals surface area (Å²) in [4.78, 5) is 28.5. The third-order valence-electron chi connectivity index (χ3n) is 3.64. The van der Waals surface area contributed by atoms with Gasteiger partial charge in [-0.05, 0) is 49.4 Å². The molecular formula is C19H15BrFN3O3. The van der Waals surface area contributed by atoms with Gasteiger partial charge in [0.15, 0.2) is 6.61 Å². The molecule has 0 saturated heterocycles. The number of halogens is 2. The Morgan fingerprint density at radius 3 is 2.59 bits per heavy atom. The predicted molar refractivity (Wildman–Crippen MR) is 102 cm³/mol. The van der Waals surface area contributed by atoms with Crippen LogP contribution in [-0.4, -0.2) is 23.4 Å². The molecule has 6 nitrogen and oxygen atoms in total. The number of nitrogens with zero attached hydrogens (tertiary/aromatic N) is 1. The number of pyridine rings is 1. The number of ether oxygens (including phenoxy) is 1. The third kappa shape index (κ3) is 4.79. The number of amides is 2. The van der Waals surface area contributed by atoms with Crippen LogP contribution in [0.15, 0.2) is 53.0 Å². The van der Waals surface area contributed by atoms with Crippen molar-refractivity contribution in [2.24, 2.45) is 0 Å². The Kier molecular flexibility index (Phi) is 5.66. The Bertz CT molecular complexity index is 1000. The quantitative estimate of drug-likeness (QED) is 0.621. The third-order valence-corrected chi connectivity index (χ3v) is 4.17. The summed E-state index contributed by atoms with van der Waals surface area (Å²) in [6.07, 6.45) is 0. The van der Waals surface area contributed by atoms with Crippen LogP contribution >= 0.6 is 15.9 Å². The van der Waals surface area contributed by atoms with Gasteiger partial charge in [-0.2, -0.15) is 0 Å². The first kappa shape index (κ1) is 18.8. The molecule has 138 valence electrons. The number of hydrogen-bond acceptors (Lipinski definition) is 4. The minimum absolute atomic E-state index is 0.261. The Morgan fingerprint density at radius 1 is 1.11 bits per heavy atom. The Hall–Kier alpha value is -3.00. The van der Waals surface area contributed by atoms with Gasteiger partial charge in [-0.25, -0.2) is 4.39 Å². The van der Waals surface area contributed by atoms with Gasteiger partial charge in [0.05, 0.1) is 11.1 Å². The lowest BCUT2D eigenvalue weighted by atomic mass is 10.1. The molecule has 8 heteroatoms. The Balaban J connectivity index is 1.63. The molecule has 27 heavy (non-hydrogen) atoms. The van der Waals surface area contributed by atoms with Gasteiger partial charge < -0.3 is 4.74 Å². The fraction of sp³-hybridized carbons (Fsp3) is 0.105. The molecule has 0 bridgehead atoms. The zero-order chi connectivity index (χ0) is 19.4. The zero-order valence-electron chi connectivity index (χ0n) is 14.3. The molecular weight excluding hydrogens is 417 g/mol. The molecule has 0 atom stereocenters. The first-order valence-electron chi connectivity index (χ1n) is 7.97. The maximum absolute atomic E-state index is 13.4. The summed E-state index contributed by atoms with van der Waals surface area (Å²) in [6, 6.07) is 12.5. The number of benzene rings is 2. The van der Waals surface area contributed by atoms with Crippen molar-refractivity contribution in [2.45, 2.75) is 6.92 Å². The second-order valence-electron chi connectivity index (χ2n) is 5.72. The predicted octanol–water partition coefficient (Wildman–Crippen LogP) is 3.28. The second-order valence-corrected chi connectivity index (χ2v) is 6.63. The molecule has 2 amide bonds. The monoisotopic (exact) mass is 431 g/mol. The number of fused-ring (bicyclic) bond motifs is 1. The molecule has 0 aliphatic heterocycles. The number of carbonyl (C=O) groups is 2. The van der Waals surface area contributed by atoms with E-state index in [1.807, 2.05) is 0 Å². The normalized spacial score (nSPS) is 10.5. The molecule has 3 rings (SSSR count). The second kappa shape index (κ2) is 8.13. The van der Waals surface area contributed by atoms with Gasteiger partial charge in [-0.3, -0.25) is 25.4 Å². The SMILES string of the molecule is Cc1cc(C(=O)NNC(=O)COc2ccc(Br)cc2)c2ccc(F)cc2n1. The summed E-state index contributed by atoms with van der Waals surface area (Å²) in [7, 11) is 0. The number of hydrogen-bond donors (Lipinski definition) is 2. The van der Waals surface area contributed by atoms with Gasteiger partial charge in [-0.1, -0.05) is 15.9 Å². The van der Waals surface area contributed by atoms with Crippen LogP contribution in [0.5, 0.6) is 5.75 Å². The van der Waals surface area contributed by atoms with Crippen molar-refractivity contribution in [3.8, 4) is 5.75 Å². The van der Waals surface area contributed by atoms with Gasteiger partial charge in [-0.15, -0.1) is 0 Å². The van der Waals surface area contributed by atoms with E-state index in [2.05, 4.69) is 31.8 Å². The molecule has 2 N–H and O–H groups in total. The van der Waals surface area contributed by atoms with Crippen LogP contribution < -0.4 is 15.6 Å². The van der Waals surface area contributed by atoms with Crippen molar-refractivity contribution in [1.82, 2.24) is 15.8 Å². The van der Waals surface area contributed by atoms with Crippen LogP contribution in [0.1, 0.15) is 16.1 Å². The van der Waals surface area contributed by atoms with E-state index >= 15 is 0 Å². The van der Waals surface area contributed by atoms with Gasteiger partial charge in [0, 0.05) is 21.6 Å². The van der Waals surface area contributed by atoms with Crippen LogP contribution in [-0.2, 0) is 4.79 Å². The molecule has 2 aromatic carbocycles. The molecule has 0 spiro atoms. The Labute approximate surface area is 162 Å². The number of aromatic nitrogens is 1. The van der Waals surface area contributed by atoms with Crippen LogP contribution in [0.4, 0.5) is 4.39 Å². The van der Waals surface area contributed by atoms with Gasteiger partial charge >= 0.3 is 0 Å². The molecule has 0 aliphatic carbocycles. The number of carbonyl (C=O) groups excluding carboxylic acids is 2. The number of nitrogens with one attached hydrogen (secondary N) is 2. The van der Waals surface area contributed by atoms with E-state index < -0.39 is 17.6 Å². The van der Waals surface area contributed by atoms with Gasteiger partial charge in [0.2, 0.25) is 0 Å². The summed E-state index contributed by atoms with van der Waals surface area (Å²) >= 11 is 3.31. The molecule has 3 aromatic rings. The van der Waals surface area contributed by atoms with Gasteiger partial charge in [0.1, 0.15) is 11.6 Å². The highest BCUT2D eigenvalue weighted by Crippen LogP contribution is 2.19. The summed E-state index contributed by atoms with van der Waals surface area (Å²) in [5.74, 6) is -0.968. The van der Waals surface area contributed by atoms with Crippen molar-refractivity contribution in [3.05, 3.63) is 70.1 Å². The highest BCUT2D eigenvalue weighted by atomic mass is 79.9. The lowest BCUT2D eigenvalue weighted by molar-refractivity contribution is -0.123. The molecule has 0 saturated carbocycles. The maximum Gasteiger partial charge on any atom is 0.276 e. The van der Waals surface area contributed by atoms with Crippen molar-refractivity contribution >= 4 is 38.6 Å². The topological polar surface area (TPSA) is 80.3 Å². The number of rotatable bonds is 4. The average molecular weight is 432 g/mol. The van der Waals surface area contributed by atoms with E-state index in [1.165, 1.54) is 18.2 Å². The average Bonchev–Trinajstić information content (AvgIpc) is 2.64. The molecule has 1 aromatic heterocycles. The zero-order valence-corrected chi connectivity index (χ0v) is 15.8. The van der Waals surface area contributed by atoms with Crippen LogP contribution in [0, 0.1) is 12.7 Å². The minimum atomic E-state index is -0.533. The number of hydrazine groups is 1. The summed E-state index contributed by atoms with van der Waals surface area (Å²) < 4.78 is 19.6. The van der Waals surface area contributed by atoms with E-state index in [0.717, 1.165) is 4.47 Å². The minimum Gasteiger partial charge on any atom is -0.484 e. The summed E-state index contributed by atoms with van der Waals surface area (Å²) in [5, 5.41) is 0.486. The fourth-order valence-electron chi connectivity index (χ4n) is 2.43. The van der Waals surface area contributed by atoms with Gasteiger partial charge in [0.25, 0.3) is 11.8 Å². The fourth-order valence-corrected chi connectivity index (χ4v) is 2.70. The standard InChI is InChI=1S/C19H15BrFN3O3/c1-11-8-16(15-7-4-13(21)9-17(15)22-11)19(26)24-23-18(25)10-27-14-5-2-12(20)3-6-14/h2-9H,10H2,1H3,(H,23,25)(H,24,26). The highest BCUT2D eigenvalue weighted by Gasteiger charge is 2.13. The van der Waals surface area contributed by atoms with E-state index in [9.17, 15) is 14.0 Å². The van der Waals surface area contributed by atoms with E-state index in [0.29, 0.717) is 22.3 Å². The number of aryl methyl sites for hydroxylation is 1. The highest BCUT2D eigenvalue weighted by molar-refractivity contribution is 9.10. The van der Waals surface area contributed by atoms with Crippen molar-refractivity contribution < 1.29 is 18.7 Å². The van der Waals surface area contributed by atoms with Crippen molar-refractivity contribution in [1.29, 1.82) is 0 Å². The largest absolute Gasteiger partial charge is 0.484 e. The molecule has 0 unspecified atom stereocenters. The lowest BCUT2D eigenvalue weighted by Gasteiger charge is -2.11. The van der Waals surface area contributed by atoms with E-state index in [1.54, 1.807) is 37.3 Å². The maximum atomic E-state index is 13.4. The van der Waals surface area contributed by atoms with Crippen LogP contribution in [0.2, 0.25) is 0 Å². The summed E-state index contributed by atoms with van der Waals surface area (Å²) in [6.45, 7) is 1.44. The molecule has 1 heterocycles. The lowest BCUT2D eigenvalue weighted by Crippen LogP contribution is -2.43. The summed E-state index contributed by atoms with van der Waals surface area (Å²) in [5.41, 5.74) is 5.83. The molecule has 0 fully saturated rings. The van der Waals surface area contributed by atoms with E-state index in [-0.39, 0.29) is 12.2 Å².